The summed E-state index contributed by atoms with van der Waals surface area (Å²) in [7, 11) is 0. The highest BCUT2D eigenvalue weighted by atomic mass is 16.5. The van der Waals surface area contributed by atoms with Gasteiger partial charge in [-0.15, -0.1) is 0 Å². The third kappa shape index (κ3) is 2.85. The number of aromatic nitrogens is 4. The van der Waals surface area contributed by atoms with Gasteiger partial charge in [0.2, 0.25) is 0 Å². The van der Waals surface area contributed by atoms with Crippen molar-refractivity contribution in [3.05, 3.63) is 54.0 Å². The van der Waals surface area contributed by atoms with Gasteiger partial charge in [-0.05, 0) is 30.7 Å². The number of ketones is 1. The van der Waals surface area contributed by atoms with Crippen LogP contribution in [0.1, 0.15) is 23.1 Å². The molecule has 0 spiro atoms. The quantitative estimate of drug-likeness (QED) is 0.747. The summed E-state index contributed by atoms with van der Waals surface area (Å²) in [5.41, 5.74) is 3.30. The number of hydrogen-bond acceptors (Lipinski definition) is 5. The molecule has 0 fully saturated rings. The van der Waals surface area contributed by atoms with Crippen molar-refractivity contribution in [3.63, 3.8) is 0 Å². The zero-order chi connectivity index (χ0) is 15.5. The van der Waals surface area contributed by atoms with E-state index >= 15 is 0 Å². The van der Waals surface area contributed by atoms with E-state index < -0.39 is 0 Å². The number of pyridine rings is 1. The van der Waals surface area contributed by atoms with Gasteiger partial charge in [0, 0.05) is 24.4 Å². The second-order valence-corrected chi connectivity index (χ2v) is 4.86. The van der Waals surface area contributed by atoms with Crippen LogP contribution in [0.15, 0.2) is 42.6 Å². The molecule has 6 heteroatoms. The van der Waals surface area contributed by atoms with Gasteiger partial charge < -0.3 is 4.74 Å². The summed E-state index contributed by atoms with van der Waals surface area (Å²) in [6, 6.07) is 11.5. The fourth-order valence-electron chi connectivity index (χ4n) is 1.98. The molecule has 3 rings (SSSR count). The number of carbonyl (C=O) groups is 1. The van der Waals surface area contributed by atoms with Crippen molar-refractivity contribution in [2.24, 2.45) is 0 Å². The summed E-state index contributed by atoms with van der Waals surface area (Å²) in [5, 5.41) is 9.87. The molecule has 0 atom stereocenters. The first-order valence-electron chi connectivity index (χ1n) is 6.76. The van der Waals surface area contributed by atoms with Crippen LogP contribution < -0.4 is 4.74 Å². The Bertz CT molecular complexity index is 792. The molecular formula is C16H14N4O2. The van der Waals surface area contributed by atoms with E-state index in [4.69, 9.17) is 4.74 Å². The van der Waals surface area contributed by atoms with Gasteiger partial charge in [-0.25, -0.2) is 0 Å². The Balaban J connectivity index is 1.81. The molecule has 0 saturated heterocycles. The van der Waals surface area contributed by atoms with E-state index in [1.807, 2.05) is 49.5 Å². The SMILES string of the molecule is CC(=O)c1[nH]nnc1Oc1ccc(-c2ccc(C)nc2)cc1. The summed E-state index contributed by atoms with van der Waals surface area (Å²) in [4.78, 5) is 15.7. The van der Waals surface area contributed by atoms with E-state index in [0.717, 1.165) is 16.8 Å². The van der Waals surface area contributed by atoms with Gasteiger partial charge in [0.05, 0.1) is 0 Å². The van der Waals surface area contributed by atoms with Crippen LogP contribution in [0.25, 0.3) is 11.1 Å². The first kappa shape index (κ1) is 13.9. The van der Waals surface area contributed by atoms with Crippen LogP contribution in [-0.4, -0.2) is 26.2 Å². The lowest BCUT2D eigenvalue weighted by molar-refractivity contribution is 0.101. The van der Waals surface area contributed by atoms with Gasteiger partial charge in [0.15, 0.2) is 11.5 Å². The topological polar surface area (TPSA) is 80.8 Å². The van der Waals surface area contributed by atoms with Crippen molar-refractivity contribution >= 4 is 5.78 Å². The minimum atomic E-state index is -0.178. The number of aromatic amines is 1. The Morgan fingerprint density at radius 3 is 2.45 bits per heavy atom. The Morgan fingerprint density at radius 2 is 1.82 bits per heavy atom. The van der Waals surface area contributed by atoms with Crippen molar-refractivity contribution < 1.29 is 9.53 Å². The second-order valence-electron chi connectivity index (χ2n) is 4.86. The molecule has 6 nitrogen and oxygen atoms in total. The Labute approximate surface area is 127 Å². The van der Waals surface area contributed by atoms with Gasteiger partial charge >= 0.3 is 0 Å². The lowest BCUT2D eigenvalue weighted by Gasteiger charge is -2.05. The molecule has 1 aromatic carbocycles. The number of nitrogens with zero attached hydrogens (tertiary/aromatic N) is 3. The molecule has 110 valence electrons. The predicted octanol–water partition coefficient (Wildman–Crippen LogP) is 3.17. The van der Waals surface area contributed by atoms with Crippen LogP contribution >= 0.6 is 0 Å². The zero-order valence-corrected chi connectivity index (χ0v) is 12.2. The minimum absolute atomic E-state index is 0.178. The molecule has 0 radical (unpaired) electrons. The van der Waals surface area contributed by atoms with Crippen LogP contribution in [0.2, 0.25) is 0 Å². The largest absolute Gasteiger partial charge is 0.436 e. The van der Waals surface area contributed by atoms with Crippen molar-refractivity contribution in [3.8, 4) is 22.8 Å². The van der Waals surface area contributed by atoms with E-state index in [1.165, 1.54) is 6.92 Å². The Morgan fingerprint density at radius 1 is 1.09 bits per heavy atom. The van der Waals surface area contributed by atoms with Crippen molar-refractivity contribution in [1.82, 2.24) is 20.4 Å². The normalized spacial score (nSPS) is 10.5. The van der Waals surface area contributed by atoms with Gasteiger partial charge in [-0.2, -0.15) is 0 Å². The number of benzene rings is 1. The number of H-pyrrole nitrogens is 1. The molecular weight excluding hydrogens is 280 g/mol. The van der Waals surface area contributed by atoms with E-state index in [2.05, 4.69) is 20.4 Å². The third-order valence-electron chi connectivity index (χ3n) is 3.18. The maximum Gasteiger partial charge on any atom is 0.269 e. The summed E-state index contributed by atoms with van der Waals surface area (Å²) in [6.45, 7) is 3.38. The summed E-state index contributed by atoms with van der Waals surface area (Å²) in [5.74, 6) is 0.583. The van der Waals surface area contributed by atoms with Crippen molar-refractivity contribution in [2.75, 3.05) is 0 Å². The van der Waals surface area contributed by atoms with Crippen LogP contribution in [0, 0.1) is 6.92 Å². The summed E-state index contributed by atoms with van der Waals surface area (Å²) < 4.78 is 5.58. The predicted molar refractivity (Wildman–Crippen MR) is 80.9 cm³/mol. The molecule has 0 aliphatic rings. The molecule has 2 aromatic heterocycles. The zero-order valence-electron chi connectivity index (χ0n) is 12.2. The number of carbonyl (C=O) groups excluding carboxylic acids is 1. The molecule has 22 heavy (non-hydrogen) atoms. The molecule has 3 aromatic rings. The van der Waals surface area contributed by atoms with Crippen LogP contribution in [0.4, 0.5) is 0 Å². The summed E-state index contributed by atoms with van der Waals surface area (Å²) in [6.07, 6.45) is 1.83. The van der Waals surface area contributed by atoms with E-state index in [1.54, 1.807) is 0 Å². The monoisotopic (exact) mass is 294 g/mol. The molecule has 0 bridgehead atoms. The molecule has 0 unspecified atom stereocenters. The van der Waals surface area contributed by atoms with E-state index in [9.17, 15) is 4.79 Å². The fourth-order valence-corrected chi connectivity index (χ4v) is 1.98. The molecule has 2 heterocycles. The van der Waals surface area contributed by atoms with Gasteiger partial charge in [0.25, 0.3) is 5.88 Å². The van der Waals surface area contributed by atoms with Gasteiger partial charge in [-0.1, -0.05) is 28.5 Å². The summed E-state index contributed by atoms with van der Waals surface area (Å²) >= 11 is 0. The Kier molecular flexibility index (Phi) is 3.65. The van der Waals surface area contributed by atoms with E-state index in [0.29, 0.717) is 5.75 Å². The minimum Gasteiger partial charge on any atom is -0.436 e. The van der Waals surface area contributed by atoms with E-state index in [-0.39, 0.29) is 17.4 Å². The number of rotatable bonds is 4. The number of Topliss-reactive ketones (excluding diaryl/α,β-unsaturated/α-hetero) is 1. The van der Waals surface area contributed by atoms with Crippen molar-refractivity contribution in [2.45, 2.75) is 13.8 Å². The van der Waals surface area contributed by atoms with Gasteiger partial charge in [-0.3, -0.25) is 14.9 Å². The lowest BCUT2D eigenvalue weighted by atomic mass is 10.1. The highest BCUT2D eigenvalue weighted by Gasteiger charge is 2.13. The maximum absolute atomic E-state index is 11.4. The molecule has 0 aliphatic carbocycles. The lowest BCUT2D eigenvalue weighted by Crippen LogP contribution is -1.96. The number of nitrogens with one attached hydrogen (secondary N) is 1. The smallest absolute Gasteiger partial charge is 0.269 e. The van der Waals surface area contributed by atoms with Crippen LogP contribution in [-0.2, 0) is 0 Å². The van der Waals surface area contributed by atoms with Crippen LogP contribution in [0.5, 0.6) is 11.6 Å². The van der Waals surface area contributed by atoms with Crippen LogP contribution in [0.3, 0.4) is 0 Å². The number of ether oxygens (including phenoxy) is 1. The van der Waals surface area contributed by atoms with Gasteiger partial charge in [0.1, 0.15) is 5.75 Å². The molecule has 1 N–H and O–H groups in total. The first-order chi connectivity index (χ1) is 10.6. The van der Waals surface area contributed by atoms with Crippen molar-refractivity contribution in [1.29, 1.82) is 0 Å². The second kappa shape index (κ2) is 5.77. The number of hydrogen-bond donors (Lipinski definition) is 1. The standard InChI is InChI=1S/C16H14N4O2/c1-10-3-4-13(9-17-10)12-5-7-14(8-6-12)22-16-15(11(2)21)18-20-19-16/h3-9H,1-2H3,(H,18,19,20). The third-order valence-corrected chi connectivity index (χ3v) is 3.18. The number of aryl methyl sites for hydroxylation is 1. The Hall–Kier alpha value is -3.02. The fraction of sp³-hybridized carbons (Fsp3) is 0.125. The highest BCUT2D eigenvalue weighted by Crippen LogP contribution is 2.25. The average molecular weight is 294 g/mol. The molecule has 0 saturated carbocycles. The maximum atomic E-state index is 11.4. The average Bonchev–Trinajstić information content (AvgIpc) is 2.97. The highest BCUT2D eigenvalue weighted by molar-refractivity contribution is 5.94. The molecule has 0 aliphatic heterocycles. The molecule has 0 amide bonds. The first-order valence-corrected chi connectivity index (χ1v) is 6.76.